The number of pyridine rings is 1. The summed E-state index contributed by atoms with van der Waals surface area (Å²) < 4.78 is 0. The van der Waals surface area contributed by atoms with E-state index >= 15 is 0 Å². The first kappa shape index (κ1) is 10.8. The Morgan fingerprint density at radius 3 is 2.61 bits per heavy atom. The van der Waals surface area contributed by atoms with Crippen LogP contribution in [0.25, 0.3) is 22.3 Å². The molecule has 0 atom stereocenters. The summed E-state index contributed by atoms with van der Waals surface area (Å²) in [7, 11) is 0. The maximum Gasteiger partial charge on any atom is 0.159 e. The Morgan fingerprint density at radius 2 is 1.83 bits per heavy atom. The minimum Gasteiger partial charge on any atom is -0.392 e. The zero-order valence-electron chi connectivity index (χ0n) is 9.61. The minimum atomic E-state index is -0.0398. The molecule has 0 radical (unpaired) electrons. The highest BCUT2D eigenvalue weighted by Crippen LogP contribution is 2.20. The summed E-state index contributed by atoms with van der Waals surface area (Å²) in [5.74, 6) is 0.651. The number of aliphatic hydroxyl groups is 1. The van der Waals surface area contributed by atoms with E-state index in [0.717, 1.165) is 16.5 Å². The van der Waals surface area contributed by atoms with Crippen molar-refractivity contribution >= 4 is 10.9 Å². The van der Waals surface area contributed by atoms with Crippen LogP contribution in [0.15, 0.2) is 48.9 Å². The second-order valence-corrected chi connectivity index (χ2v) is 3.98. The zero-order valence-corrected chi connectivity index (χ0v) is 9.61. The lowest BCUT2D eigenvalue weighted by Crippen LogP contribution is -1.92. The molecule has 0 saturated heterocycles. The third-order valence-electron chi connectivity index (χ3n) is 2.75. The minimum absolute atomic E-state index is 0.0398. The Bertz CT molecular complexity index is 680. The molecule has 0 aliphatic heterocycles. The average molecular weight is 237 g/mol. The summed E-state index contributed by atoms with van der Waals surface area (Å²) in [5.41, 5.74) is 2.61. The zero-order chi connectivity index (χ0) is 12.4. The molecule has 3 aromatic rings. The van der Waals surface area contributed by atoms with E-state index in [2.05, 4.69) is 15.0 Å². The smallest absolute Gasteiger partial charge is 0.159 e. The predicted octanol–water partition coefficient (Wildman–Crippen LogP) is 2.18. The van der Waals surface area contributed by atoms with Crippen LogP contribution in [0.2, 0.25) is 0 Å². The first-order valence-electron chi connectivity index (χ1n) is 5.64. The Hall–Kier alpha value is -2.33. The fourth-order valence-electron chi connectivity index (χ4n) is 1.80. The van der Waals surface area contributed by atoms with Crippen molar-refractivity contribution in [2.75, 3.05) is 0 Å². The molecule has 18 heavy (non-hydrogen) atoms. The van der Waals surface area contributed by atoms with E-state index in [4.69, 9.17) is 5.11 Å². The van der Waals surface area contributed by atoms with Gasteiger partial charge < -0.3 is 5.11 Å². The summed E-state index contributed by atoms with van der Waals surface area (Å²) in [6.45, 7) is -0.0398. The number of hydrogen-bond acceptors (Lipinski definition) is 4. The van der Waals surface area contributed by atoms with Gasteiger partial charge in [-0.3, -0.25) is 4.98 Å². The van der Waals surface area contributed by atoms with Gasteiger partial charge in [0.2, 0.25) is 0 Å². The van der Waals surface area contributed by atoms with Crippen LogP contribution < -0.4 is 0 Å². The average Bonchev–Trinajstić information content (AvgIpc) is 2.47. The number of fused-ring (bicyclic) bond motifs is 1. The monoisotopic (exact) mass is 237 g/mol. The predicted molar refractivity (Wildman–Crippen MR) is 68.7 cm³/mol. The Labute approximate surface area is 104 Å². The number of nitrogens with zero attached hydrogens (tertiary/aromatic N) is 3. The van der Waals surface area contributed by atoms with Gasteiger partial charge in [0, 0.05) is 35.1 Å². The normalized spacial score (nSPS) is 10.7. The van der Waals surface area contributed by atoms with Crippen molar-refractivity contribution < 1.29 is 5.11 Å². The van der Waals surface area contributed by atoms with Gasteiger partial charge in [0.1, 0.15) is 0 Å². The largest absolute Gasteiger partial charge is 0.392 e. The molecule has 1 N–H and O–H groups in total. The van der Waals surface area contributed by atoms with Crippen molar-refractivity contribution in [1.82, 2.24) is 15.0 Å². The molecule has 0 bridgehead atoms. The van der Waals surface area contributed by atoms with Crippen LogP contribution in [0.5, 0.6) is 0 Å². The van der Waals surface area contributed by atoms with Crippen molar-refractivity contribution in [1.29, 1.82) is 0 Å². The van der Waals surface area contributed by atoms with Crippen LogP contribution in [-0.2, 0) is 6.61 Å². The first-order valence-corrected chi connectivity index (χ1v) is 5.64. The molecule has 0 amide bonds. The van der Waals surface area contributed by atoms with Crippen LogP contribution in [0.4, 0.5) is 0 Å². The van der Waals surface area contributed by atoms with E-state index in [0.29, 0.717) is 11.4 Å². The SMILES string of the molecule is OCc1cnc(-c2ccc3ncccc3c2)nc1. The van der Waals surface area contributed by atoms with Gasteiger partial charge in [-0.1, -0.05) is 6.07 Å². The molecule has 4 heteroatoms. The van der Waals surface area contributed by atoms with E-state index in [1.807, 2.05) is 30.3 Å². The molecule has 0 fully saturated rings. The van der Waals surface area contributed by atoms with Gasteiger partial charge in [0.05, 0.1) is 12.1 Å². The van der Waals surface area contributed by atoms with Crippen molar-refractivity contribution in [2.45, 2.75) is 6.61 Å². The molecule has 0 aliphatic rings. The lowest BCUT2D eigenvalue weighted by molar-refractivity contribution is 0.281. The van der Waals surface area contributed by atoms with Gasteiger partial charge in [-0.25, -0.2) is 9.97 Å². The maximum atomic E-state index is 8.95. The molecular weight excluding hydrogens is 226 g/mol. The van der Waals surface area contributed by atoms with Crippen LogP contribution >= 0.6 is 0 Å². The summed E-state index contributed by atoms with van der Waals surface area (Å²) in [5, 5.41) is 10.0. The highest BCUT2D eigenvalue weighted by atomic mass is 16.3. The van der Waals surface area contributed by atoms with Gasteiger partial charge in [-0.15, -0.1) is 0 Å². The van der Waals surface area contributed by atoms with Crippen molar-refractivity contribution in [3.05, 3.63) is 54.5 Å². The number of benzene rings is 1. The van der Waals surface area contributed by atoms with Gasteiger partial charge in [0.25, 0.3) is 0 Å². The molecule has 0 unspecified atom stereocenters. The van der Waals surface area contributed by atoms with Gasteiger partial charge in [-0.2, -0.15) is 0 Å². The van der Waals surface area contributed by atoms with E-state index < -0.39 is 0 Å². The molecule has 0 spiro atoms. The van der Waals surface area contributed by atoms with Crippen LogP contribution in [-0.4, -0.2) is 20.1 Å². The second kappa shape index (κ2) is 4.50. The van der Waals surface area contributed by atoms with Crippen molar-refractivity contribution in [2.24, 2.45) is 0 Å². The quantitative estimate of drug-likeness (QED) is 0.742. The van der Waals surface area contributed by atoms with E-state index in [1.165, 1.54) is 0 Å². The molecule has 0 saturated carbocycles. The van der Waals surface area contributed by atoms with Gasteiger partial charge >= 0.3 is 0 Å². The number of rotatable bonds is 2. The molecule has 2 aromatic heterocycles. The summed E-state index contributed by atoms with van der Waals surface area (Å²) >= 11 is 0. The number of hydrogen-bond donors (Lipinski definition) is 1. The van der Waals surface area contributed by atoms with Crippen LogP contribution in [0.1, 0.15) is 5.56 Å². The third-order valence-corrected chi connectivity index (χ3v) is 2.75. The fourth-order valence-corrected chi connectivity index (χ4v) is 1.80. The molecule has 88 valence electrons. The molecule has 4 nitrogen and oxygen atoms in total. The van der Waals surface area contributed by atoms with Crippen molar-refractivity contribution in [3.8, 4) is 11.4 Å². The Kier molecular flexibility index (Phi) is 2.70. The van der Waals surface area contributed by atoms with Crippen LogP contribution in [0.3, 0.4) is 0 Å². The maximum absolute atomic E-state index is 8.95. The molecule has 1 aromatic carbocycles. The summed E-state index contributed by atoms with van der Waals surface area (Å²) in [6.07, 6.45) is 5.04. The second-order valence-electron chi connectivity index (χ2n) is 3.98. The molecule has 0 aliphatic carbocycles. The van der Waals surface area contributed by atoms with E-state index in [-0.39, 0.29) is 6.61 Å². The number of aliphatic hydroxyl groups excluding tert-OH is 1. The Balaban J connectivity index is 2.07. The summed E-state index contributed by atoms with van der Waals surface area (Å²) in [4.78, 5) is 12.7. The van der Waals surface area contributed by atoms with E-state index in [1.54, 1.807) is 18.6 Å². The van der Waals surface area contributed by atoms with E-state index in [9.17, 15) is 0 Å². The number of aromatic nitrogens is 3. The van der Waals surface area contributed by atoms with Gasteiger partial charge in [0.15, 0.2) is 5.82 Å². The molecular formula is C14H11N3O. The Morgan fingerprint density at radius 1 is 1.00 bits per heavy atom. The highest BCUT2D eigenvalue weighted by molar-refractivity contribution is 5.82. The standard InChI is InChI=1S/C14H11N3O/c18-9-10-7-16-14(17-8-10)12-3-4-13-11(6-12)2-1-5-15-13/h1-8,18H,9H2. The topological polar surface area (TPSA) is 58.9 Å². The fraction of sp³-hybridized carbons (Fsp3) is 0.0714. The lowest BCUT2D eigenvalue weighted by atomic mass is 10.1. The third kappa shape index (κ3) is 1.94. The lowest BCUT2D eigenvalue weighted by Gasteiger charge is -2.02. The first-order chi connectivity index (χ1) is 8.86. The molecule has 3 rings (SSSR count). The van der Waals surface area contributed by atoms with Gasteiger partial charge in [-0.05, 0) is 24.3 Å². The highest BCUT2D eigenvalue weighted by Gasteiger charge is 2.03. The van der Waals surface area contributed by atoms with Crippen molar-refractivity contribution in [3.63, 3.8) is 0 Å². The molecule has 2 heterocycles. The summed E-state index contributed by atoms with van der Waals surface area (Å²) in [6, 6.07) is 9.82. The van der Waals surface area contributed by atoms with Crippen LogP contribution in [0, 0.1) is 0 Å².